The van der Waals surface area contributed by atoms with Crippen LogP contribution in [0.2, 0.25) is 0 Å². The van der Waals surface area contributed by atoms with Crippen molar-refractivity contribution in [2.45, 2.75) is 19.1 Å². The zero-order chi connectivity index (χ0) is 15.8. The molecule has 0 spiro atoms. The summed E-state index contributed by atoms with van der Waals surface area (Å²) in [5, 5.41) is 11.8. The number of rotatable bonds is 6. The quantitative estimate of drug-likeness (QED) is 0.716. The highest BCUT2D eigenvalue weighted by molar-refractivity contribution is 5.67. The Kier molecular flexibility index (Phi) is 5.80. The van der Waals surface area contributed by atoms with Crippen molar-refractivity contribution >= 4 is 11.8 Å². The average Bonchev–Trinajstić information content (AvgIpc) is 2.55. The second-order valence-corrected chi connectivity index (χ2v) is 4.91. The molecule has 2 aromatic carbocycles. The lowest BCUT2D eigenvalue weighted by Gasteiger charge is -2.17. The van der Waals surface area contributed by atoms with Gasteiger partial charge in [-0.3, -0.25) is 0 Å². The first kappa shape index (κ1) is 15.9. The molecule has 5 heteroatoms. The standard InChI is InChI=1S/C17H20N2O3/c18-15-8-6-13(7-9-15)12-19-17(21)22-16(10-11-20)14-4-2-1-3-5-14/h1-9,16,20H,10-12,18H2,(H,19,21)/t16-/m1/s1. The molecule has 0 aliphatic heterocycles. The Balaban J connectivity index is 1.89. The molecule has 0 unspecified atom stereocenters. The minimum atomic E-state index is -0.515. The molecule has 0 heterocycles. The topological polar surface area (TPSA) is 84.6 Å². The molecule has 116 valence electrons. The Labute approximate surface area is 129 Å². The number of anilines is 1. The lowest BCUT2D eigenvalue weighted by molar-refractivity contribution is 0.0798. The smallest absolute Gasteiger partial charge is 0.408 e. The first-order valence-electron chi connectivity index (χ1n) is 7.13. The number of ether oxygens (including phenoxy) is 1. The molecule has 0 aromatic heterocycles. The van der Waals surface area contributed by atoms with Gasteiger partial charge in [-0.25, -0.2) is 4.79 Å². The van der Waals surface area contributed by atoms with E-state index in [4.69, 9.17) is 15.6 Å². The molecule has 0 saturated carbocycles. The summed E-state index contributed by atoms with van der Waals surface area (Å²) in [4.78, 5) is 11.9. The summed E-state index contributed by atoms with van der Waals surface area (Å²) in [6, 6.07) is 16.6. The number of nitrogens with one attached hydrogen (secondary N) is 1. The van der Waals surface area contributed by atoms with Crippen LogP contribution in [-0.4, -0.2) is 17.8 Å². The number of benzene rings is 2. The van der Waals surface area contributed by atoms with E-state index in [2.05, 4.69) is 5.32 Å². The molecule has 0 saturated heterocycles. The molecular weight excluding hydrogens is 280 g/mol. The van der Waals surface area contributed by atoms with Crippen LogP contribution < -0.4 is 11.1 Å². The third kappa shape index (κ3) is 4.79. The van der Waals surface area contributed by atoms with E-state index in [-0.39, 0.29) is 6.61 Å². The van der Waals surface area contributed by atoms with Gasteiger partial charge in [0.05, 0.1) is 0 Å². The van der Waals surface area contributed by atoms with Crippen molar-refractivity contribution in [3.63, 3.8) is 0 Å². The lowest BCUT2D eigenvalue weighted by Crippen LogP contribution is -2.26. The molecule has 0 aliphatic carbocycles. The number of nitrogens with two attached hydrogens (primary N) is 1. The van der Waals surface area contributed by atoms with Gasteiger partial charge < -0.3 is 20.9 Å². The highest BCUT2D eigenvalue weighted by Crippen LogP contribution is 2.20. The molecule has 2 aromatic rings. The first-order chi connectivity index (χ1) is 10.7. The van der Waals surface area contributed by atoms with Crippen LogP contribution in [0, 0.1) is 0 Å². The van der Waals surface area contributed by atoms with Gasteiger partial charge in [-0.1, -0.05) is 42.5 Å². The van der Waals surface area contributed by atoms with Crippen LogP contribution in [0.3, 0.4) is 0 Å². The second-order valence-electron chi connectivity index (χ2n) is 4.91. The zero-order valence-corrected chi connectivity index (χ0v) is 12.2. The first-order valence-corrected chi connectivity index (χ1v) is 7.13. The van der Waals surface area contributed by atoms with Gasteiger partial charge in [0.25, 0.3) is 0 Å². The maximum atomic E-state index is 11.9. The van der Waals surface area contributed by atoms with E-state index in [0.717, 1.165) is 11.1 Å². The molecule has 22 heavy (non-hydrogen) atoms. The van der Waals surface area contributed by atoms with Crippen LogP contribution in [0.1, 0.15) is 23.7 Å². The van der Waals surface area contributed by atoms with E-state index in [0.29, 0.717) is 18.7 Å². The van der Waals surface area contributed by atoms with Crippen LogP contribution in [0.5, 0.6) is 0 Å². The minimum absolute atomic E-state index is 0.0508. The number of nitrogen functional groups attached to an aromatic ring is 1. The van der Waals surface area contributed by atoms with Crippen molar-refractivity contribution in [1.29, 1.82) is 0 Å². The summed E-state index contributed by atoms with van der Waals surface area (Å²) < 4.78 is 5.39. The van der Waals surface area contributed by atoms with Crippen molar-refractivity contribution in [1.82, 2.24) is 5.32 Å². The zero-order valence-electron chi connectivity index (χ0n) is 12.2. The fraction of sp³-hybridized carbons (Fsp3) is 0.235. The molecule has 0 bridgehead atoms. The summed E-state index contributed by atoms with van der Waals surface area (Å²) in [6.07, 6.45) is -0.615. The van der Waals surface area contributed by atoms with Gasteiger partial charge in [0.2, 0.25) is 0 Å². The summed E-state index contributed by atoms with van der Waals surface area (Å²) in [5.41, 5.74) is 8.08. The Morgan fingerprint density at radius 2 is 1.82 bits per heavy atom. The fourth-order valence-corrected chi connectivity index (χ4v) is 2.06. The molecule has 0 radical (unpaired) electrons. The summed E-state index contributed by atoms with van der Waals surface area (Å²) in [7, 11) is 0. The lowest BCUT2D eigenvalue weighted by atomic mass is 10.1. The summed E-state index contributed by atoms with van der Waals surface area (Å²) in [6.45, 7) is 0.310. The van der Waals surface area contributed by atoms with Crippen LogP contribution in [-0.2, 0) is 11.3 Å². The van der Waals surface area contributed by atoms with Crippen molar-refractivity contribution in [3.8, 4) is 0 Å². The van der Waals surface area contributed by atoms with Crippen LogP contribution in [0.15, 0.2) is 54.6 Å². The number of hydrogen-bond acceptors (Lipinski definition) is 4. The Morgan fingerprint density at radius 3 is 2.45 bits per heavy atom. The number of amides is 1. The normalized spacial score (nSPS) is 11.7. The Bertz CT molecular complexity index is 585. The molecule has 5 nitrogen and oxygen atoms in total. The Morgan fingerprint density at radius 1 is 1.14 bits per heavy atom. The number of alkyl carbamates (subject to hydrolysis) is 1. The maximum Gasteiger partial charge on any atom is 0.408 e. The van der Waals surface area contributed by atoms with Crippen molar-refractivity contribution < 1.29 is 14.6 Å². The van der Waals surface area contributed by atoms with Crippen molar-refractivity contribution in [2.75, 3.05) is 12.3 Å². The predicted molar refractivity (Wildman–Crippen MR) is 85.1 cm³/mol. The summed E-state index contributed by atoms with van der Waals surface area (Å²) in [5.74, 6) is 0. The fourth-order valence-electron chi connectivity index (χ4n) is 2.06. The maximum absolute atomic E-state index is 11.9. The highest BCUT2D eigenvalue weighted by Gasteiger charge is 2.15. The minimum Gasteiger partial charge on any atom is -0.441 e. The van der Waals surface area contributed by atoms with Gasteiger partial charge in [0, 0.05) is 25.3 Å². The molecule has 4 N–H and O–H groups in total. The van der Waals surface area contributed by atoms with Gasteiger partial charge in [-0.05, 0) is 23.3 Å². The number of carbonyl (C=O) groups excluding carboxylic acids is 1. The average molecular weight is 300 g/mol. The largest absolute Gasteiger partial charge is 0.441 e. The van der Waals surface area contributed by atoms with Crippen LogP contribution in [0.25, 0.3) is 0 Å². The molecule has 1 atom stereocenters. The third-order valence-corrected chi connectivity index (χ3v) is 3.23. The van der Waals surface area contributed by atoms with Gasteiger partial charge in [0.1, 0.15) is 6.10 Å². The van der Waals surface area contributed by atoms with E-state index >= 15 is 0 Å². The van der Waals surface area contributed by atoms with E-state index in [9.17, 15) is 4.79 Å². The van der Waals surface area contributed by atoms with E-state index < -0.39 is 12.2 Å². The molecule has 2 rings (SSSR count). The van der Waals surface area contributed by atoms with Crippen LogP contribution in [0.4, 0.5) is 10.5 Å². The Hall–Kier alpha value is -2.53. The van der Waals surface area contributed by atoms with E-state index in [1.165, 1.54) is 0 Å². The highest BCUT2D eigenvalue weighted by atomic mass is 16.6. The van der Waals surface area contributed by atoms with E-state index in [1.807, 2.05) is 42.5 Å². The number of aliphatic hydroxyl groups excluding tert-OH is 1. The SMILES string of the molecule is Nc1ccc(CNC(=O)O[C@H](CCO)c2ccccc2)cc1. The van der Waals surface area contributed by atoms with Gasteiger partial charge in [-0.2, -0.15) is 0 Å². The van der Waals surface area contributed by atoms with Crippen molar-refractivity contribution in [3.05, 3.63) is 65.7 Å². The van der Waals surface area contributed by atoms with E-state index in [1.54, 1.807) is 12.1 Å². The molecule has 0 fully saturated rings. The van der Waals surface area contributed by atoms with Gasteiger partial charge >= 0.3 is 6.09 Å². The third-order valence-electron chi connectivity index (χ3n) is 3.23. The molecule has 0 aliphatic rings. The number of aliphatic hydroxyl groups is 1. The number of hydrogen-bond donors (Lipinski definition) is 3. The summed E-state index contributed by atoms with van der Waals surface area (Å²) >= 11 is 0. The van der Waals surface area contributed by atoms with Crippen molar-refractivity contribution in [2.24, 2.45) is 0 Å². The predicted octanol–water partition coefficient (Wildman–Crippen LogP) is 2.62. The second kappa shape index (κ2) is 8.05. The van der Waals surface area contributed by atoms with Gasteiger partial charge in [0.15, 0.2) is 0 Å². The molecular formula is C17H20N2O3. The van der Waals surface area contributed by atoms with Gasteiger partial charge in [-0.15, -0.1) is 0 Å². The van der Waals surface area contributed by atoms with Crippen LogP contribution >= 0.6 is 0 Å². The monoisotopic (exact) mass is 300 g/mol. The number of carbonyl (C=O) groups is 1. The molecule has 1 amide bonds.